The van der Waals surface area contributed by atoms with Crippen molar-refractivity contribution >= 4 is 17.4 Å². The third kappa shape index (κ3) is 4.76. The van der Waals surface area contributed by atoms with E-state index >= 15 is 0 Å². The summed E-state index contributed by atoms with van der Waals surface area (Å²) in [6.45, 7) is 4.96. The van der Waals surface area contributed by atoms with Crippen molar-refractivity contribution in [1.82, 2.24) is 4.98 Å². The van der Waals surface area contributed by atoms with E-state index in [1.54, 1.807) is 0 Å². The van der Waals surface area contributed by atoms with E-state index in [1.807, 2.05) is 55.5 Å². The fraction of sp³-hybridized carbons (Fsp3) is 0.333. The van der Waals surface area contributed by atoms with Gasteiger partial charge >= 0.3 is 0 Å². The number of fused-ring (bicyclic) bond motifs is 1. The number of carbonyl (C=O) groups excluding carboxylic acids is 1. The van der Waals surface area contributed by atoms with Crippen molar-refractivity contribution in [2.45, 2.75) is 19.8 Å². The van der Waals surface area contributed by atoms with E-state index in [0.29, 0.717) is 24.7 Å². The Morgan fingerprint density at radius 1 is 1.09 bits per heavy atom. The Morgan fingerprint density at radius 3 is 2.65 bits per heavy atom. The number of hydrogen-bond donors (Lipinski definition) is 2. The van der Waals surface area contributed by atoms with Crippen LogP contribution in [-0.2, 0) is 17.6 Å². The van der Waals surface area contributed by atoms with E-state index in [9.17, 15) is 9.90 Å². The first-order chi connectivity index (χ1) is 16.6. The molecule has 176 valence electrons. The van der Waals surface area contributed by atoms with Crippen molar-refractivity contribution in [2.75, 3.05) is 49.7 Å². The molecular formula is C27H29N3O4. The van der Waals surface area contributed by atoms with Gasteiger partial charge in [0.1, 0.15) is 12.4 Å². The highest BCUT2D eigenvalue weighted by atomic mass is 16.5. The van der Waals surface area contributed by atoms with Gasteiger partial charge in [-0.15, -0.1) is 0 Å². The second-order valence-corrected chi connectivity index (χ2v) is 8.69. The molecule has 1 aliphatic carbocycles. The van der Waals surface area contributed by atoms with Crippen LogP contribution in [0.1, 0.15) is 27.0 Å². The summed E-state index contributed by atoms with van der Waals surface area (Å²) in [7, 11) is 0. The molecule has 1 aliphatic heterocycles. The number of aryl methyl sites for hydroxylation is 3. The minimum absolute atomic E-state index is 0.0813. The summed E-state index contributed by atoms with van der Waals surface area (Å²) in [6.07, 6.45) is 2.14. The molecule has 3 aromatic rings. The first-order valence-electron chi connectivity index (χ1n) is 11.7. The van der Waals surface area contributed by atoms with Gasteiger partial charge in [-0.1, -0.05) is 12.1 Å². The SMILES string of the molecule is Cc1ccc(NC(=O)c2ccc3c(c2)CC3)cc1-c1cc(OCCO)nc(N2CCOCC2)c1. The van der Waals surface area contributed by atoms with E-state index in [2.05, 4.69) is 15.2 Å². The van der Waals surface area contributed by atoms with E-state index in [-0.39, 0.29) is 19.1 Å². The minimum Gasteiger partial charge on any atom is -0.475 e. The molecule has 0 spiro atoms. The maximum Gasteiger partial charge on any atom is 0.255 e. The molecule has 0 atom stereocenters. The zero-order valence-electron chi connectivity index (χ0n) is 19.3. The number of ether oxygens (including phenoxy) is 2. The van der Waals surface area contributed by atoms with Crippen molar-refractivity contribution in [2.24, 2.45) is 0 Å². The number of benzene rings is 2. The summed E-state index contributed by atoms with van der Waals surface area (Å²) in [6, 6.07) is 15.8. The van der Waals surface area contributed by atoms with Crippen LogP contribution in [-0.4, -0.2) is 55.5 Å². The second kappa shape index (κ2) is 9.83. The summed E-state index contributed by atoms with van der Waals surface area (Å²) >= 11 is 0. The molecule has 7 heteroatoms. The van der Waals surface area contributed by atoms with E-state index in [0.717, 1.165) is 54.1 Å². The Balaban J connectivity index is 1.44. The molecule has 0 bridgehead atoms. The van der Waals surface area contributed by atoms with Crippen molar-refractivity contribution in [3.05, 3.63) is 70.8 Å². The van der Waals surface area contributed by atoms with Gasteiger partial charge in [0.05, 0.1) is 19.8 Å². The summed E-state index contributed by atoms with van der Waals surface area (Å²) in [5.41, 5.74) is 7.02. The van der Waals surface area contributed by atoms with Crippen LogP contribution in [0.5, 0.6) is 5.88 Å². The van der Waals surface area contributed by atoms with Gasteiger partial charge in [0.2, 0.25) is 5.88 Å². The van der Waals surface area contributed by atoms with Gasteiger partial charge in [0.25, 0.3) is 5.91 Å². The highest BCUT2D eigenvalue weighted by molar-refractivity contribution is 6.04. The average molecular weight is 460 g/mol. The molecule has 1 fully saturated rings. The van der Waals surface area contributed by atoms with Crippen LogP contribution in [0.15, 0.2) is 48.5 Å². The standard InChI is InChI=1S/C27H29N3O4/c1-18-2-7-23(28-27(32)21-6-4-19-3-5-20(19)14-21)17-24(18)22-15-25(30-8-11-33-12-9-30)29-26(16-22)34-13-10-31/h2,4,6-7,14-17,31H,3,5,8-13H2,1H3,(H,28,32). The number of hydrogen-bond acceptors (Lipinski definition) is 6. The number of pyridine rings is 1. The summed E-state index contributed by atoms with van der Waals surface area (Å²) in [5, 5.41) is 12.3. The molecule has 7 nitrogen and oxygen atoms in total. The molecule has 1 saturated heterocycles. The summed E-state index contributed by atoms with van der Waals surface area (Å²) in [4.78, 5) is 19.7. The quantitative estimate of drug-likeness (QED) is 0.562. The van der Waals surface area contributed by atoms with Gasteiger partial charge < -0.3 is 24.8 Å². The van der Waals surface area contributed by atoms with E-state index in [1.165, 1.54) is 11.1 Å². The predicted molar refractivity (Wildman–Crippen MR) is 132 cm³/mol. The lowest BCUT2D eigenvalue weighted by molar-refractivity contribution is 0.102. The number of amides is 1. The van der Waals surface area contributed by atoms with Crippen LogP contribution in [0.25, 0.3) is 11.1 Å². The Morgan fingerprint density at radius 2 is 1.91 bits per heavy atom. The maximum atomic E-state index is 12.9. The minimum atomic E-state index is -0.111. The molecule has 2 aliphatic rings. The van der Waals surface area contributed by atoms with Gasteiger partial charge in [-0.05, 0) is 77.9 Å². The van der Waals surface area contributed by atoms with Crippen LogP contribution in [0.4, 0.5) is 11.5 Å². The maximum absolute atomic E-state index is 12.9. The summed E-state index contributed by atoms with van der Waals surface area (Å²) < 4.78 is 11.2. The van der Waals surface area contributed by atoms with Crippen LogP contribution in [0.3, 0.4) is 0 Å². The molecule has 5 rings (SSSR count). The largest absolute Gasteiger partial charge is 0.475 e. The molecule has 2 aromatic carbocycles. The number of nitrogens with one attached hydrogen (secondary N) is 1. The Bertz CT molecular complexity index is 1200. The second-order valence-electron chi connectivity index (χ2n) is 8.69. The number of anilines is 2. The number of rotatable bonds is 7. The third-order valence-electron chi connectivity index (χ3n) is 6.40. The van der Waals surface area contributed by atoms with Crippen molar-refractivity contribution < 1.29 is 19.4 Å². The molecule has 2 heterocycles. The monoisotopic (exact) mass is 459 g/mol. The molecule has 0 radical (unpaired) electrons. The van der Waals surface area contributed by atoms with Gasteiger partial charge in [-0.25, -0.2) is 0 Å². The molecule has 34 heavy (non-hydrogen) atoms. The van der Waals surface area contributed by atoms with Crippen LogP contribution < -0.4 is 15.0 Å². The smallest absolute Gasteiger partial charge is 0.255 e. The van der Waals surface area contributed by atoms with Gasteiger partial charge in [-0.3, -0.25) is 4.79 Å². The highest BCUT2D eigenvalue weighted by Gasteiger charge is 2.18. The number of aromatic nitrogens is 1. The van der Waals surface area contributed by atoms with Crippen molar-refractivity contribution in [3.63, 3.8) is 0 Å². The lowest BCUT2D eigenvalue weighted by atomic mass is 9.87. The molecule has 2 N–H and O–H groups in total. The average Bonchev–Trinajstić information content (AvgIpc) is 2.85. The fourth-order valence-electron chi connectivity index (χ4n) is 4.38. The zero-order valence-corrected chi connectivity index (χ0v) is 19.3. The third-order valence-corrected chi connectivity index (χ3v) is 6.40. The first kappa shape index (κ1) is 22.4. The number of carbonyl (C=O) groups is 1. The number of morpholine rings is 1. The zero-order chi connectivity index (χ0) is 23.5. The Labute approximate surface area is 199 Å². The number of aliphatic hydroxyl groups is 1. The topological polar surface area (TPSA) is 83.9 Å². The molecular weight excluding hydrogens is 430 g/mol. The van der Waals surface area contributed by atoms with Gasteiger partial charge in [0, 0.05) is 30.4 Å². The fourth-order valence-corrected chi connectivity index (χ4v) is 4.38. The van der Waals surface area contributed by atoms with Crippen LogP contribution in [0, 0.1) is 6.92 Å². The van der Waals surface area contributed by atoms with Gasteiger partial charge in [0.15, 0.2) is 0 Å². The van der Waals surface area contributed by atoms with Crippen molar-refractivity contribution in [1.29, 1.82) is 0 Å². The lowest BCUT2D eigenvalue weighted by Crippen LogP contribution is -2.36. The van der Waals surface area contributed by atoms with Crippen molar-refractivity contribution in [3.8, 4) is 17.0 Å². The predicted octanol–water partition coefficient (Wildman–Crippen LogP) is 3.62. The number of aliphatic hydroxyl groups excluding tert-OH is 1. The lowest BCUT2D eigenvalue weighted by Gasteiger charge is -2.28. The first-order valence-corrected chi connectivity index (χ1v) is 11.7. The highest BCUT2D eigenvalue weighted by Crippen LogP contribution is 2.32. The van der Waals surface area contributed by atoms with Crippen LogP contribution >= 0.6 is 0 Å². The summed E-state index contributed by atoms with van der Waals surface area (Å²) in [5.74, 6) is 1.16. The van der Waals surface area contributed by atoms with Crippen LogP contribution in [0.2, 0.25) is 0 Å². The normalized spacial score (nSPS) is 14.8. The Hall–Kier alpha value is -3.42. The molecule has 0 saturated carbocycles. The molecule has 0 unspecified atom stereocenters. The van der Waals surface area contributed by atoms with E-state index < -0.39 is 0 Å². The number of nitrogens with zero attached hydrogens (tertiary/aromatic N) is 2. The molecule has 1 amide bonds. The molecule has 1 aromatic heterocycles. The Kier molecular flexibility index (Phi) is 6.47. The van der Waals surface area contributed by atoms with E-state index in [4.69, 9.17) is 9.47 Å². The van der Waals surface area contributed by atoms with Gasteiger partial charge in [-0.2, -0.15) is 4.98 Å².